The Morgan fingerprint density at radius 3 is 1.23 bits per heavy atom. The third kappa shape index (κ3) is 2.86. The van der Waals surface area contributed by atoms with Crippen molar-refractivity contribution in [1.82, 2.24) is 0 Å². The maximum atomic E-state index is 6.45. The van der Waals surface area contributed by atoms with Gasteiger partial charge in [-0.2, -0.15) is 0 Å². The van der Waals surface area contributed by atoms with Gasteiger partial charge in [0.2, 0.25) is 0 Å². The molecule has 2 aliphatic heterocycles. The van der Waals surface area contributed by atoms with Crippen LogP contribution >= 0.6 is 0 Å². The molecule has 2 saturated heterocycles. The highest BCUT2D eigenvalue weighted by Crippen LogP contribution is 2.48. The van der Waals surface area contributed by atoms with Crippen LogP contribution in [0.3, 0.4) is 0 Å². The van der Waals surface area contributed by atoms with Crippen molar-refractivity contribution in [2.45, 2.75) is 89.9 Å². The van der Waals surface area contributed by atoms with Crippen LogP contribution in [-0.4, -0.2) is 36.6 Å². The molecule has 4 nitrogen and oxygen atoms in total. The summed E-state index contributed by atoms with van der Waals surface area (Å²) >= 11 is 0. The van der Waals surface area contributed by atoms with Crippen molar-refractivity contribution >= 4 is 14.2 Å². The van der Waals surface area contributed by atoms with E-state index in [0.717, 1.165) is 5.56 Å². The highest BCUT2D eigenvalue weighted by atomic mass is 16.7. The molecule has 1 aromatic rings. The lowest BCUT2D eigenvalue weighted by molar-refractivity contribution is 0.00578. The van der Waals surface area contributed by atoms with Crippen molar-refractivity contribution in [3.8, 4) is 0 Å². The van der Waals surface area contributed by atoms with E-state index in [9.17, 15) is 0 Å². The van der Waals surface area contributed by atoms with Crippen molar-refractivity contribution in [3.63, 3.8) is 0 Å². The van der Waals surface area contributed by atoms with Gasteiger partial charge in [-0.05, 0) is 61.0 Å². The van der Waals surface area contributed by atoms with Crippen LogP contribution in [0.25, 0.3) is 0 Å². The van der Waals surface area contributed by atoms with E-state index in [1.807, 2.05) is 18.2 Å². The van der Waals surface area contributed by atoms with E-state index in [2.05, 4.69) is 74.4 Å². The molecule has 0 amide bonds. The Labute approximate surface area is 159 Å². The minimum atomic E-state index is -0.614. The summed E-state index contributed by atoms with van der Waals surface area (Å²) in [6.45, 7) is 18.7. The highest BCUT2D eigenvalue weighted by molar-refractivity contribution is 6.71. The molecule has 3 rings (SSSR count). The van der Waals surface area contributed by atoms with Crippen LogP contribution in [0, 0.1) is 0 Å². The van der Waals surface area contributed by atoms with Crippen LogP contribution in [0.2, 0.25) is 0 Å². The van der Waals surface area contributed by atoms with E-state index in [0.29, 0.717) is 0 Å². The number of rotatable bonds is 3. The van der Waals surface area contributed by atoms with Crippen LogP contribution in [0.4, 0.5) is 0 Å². The summed E-state index contributed by atoms with van der Waals surface area (Å²) in [6.07, 6.45) is 0. The van der Waals surface area contributed by atoms with Crippen LogP contribution < -0.4 is 0 Å². The van der Waals surface area contributed by atoms with Gasteiger partial charge in [-0.25, -0.2) is 0 Å². The molecule has 0 spiro atoms. The zero-order valence-electron chi connectivity index (χ0n) is 17.7. The maximum absolute atomic E-state index is 6.45. The summed E-state index contributed by atoms with van der Waals surface area (Å²) in [7, 11) is -0.964. The molecular weight excluding hydrogens is 326 g/mol. The van der Waals surface area contributed by atoms with Crippen molar-refractivity contribution in [2.75, 3.05) is 0 Å². The fourth-order valence-corrected chi connectivity index (χ4v) is 3.36. The summed E-state index contributed by atoms with van der Waals surface area (Å²) in [4.78, 5) is 0. The van der Waals surface area contributed by atoms with Gasteiger partial charge in [0.05, 0.1) is 27.6 Å². The van der Waals surface area contributed by atoms with Gasteiger partial charge < -0.3 is 18.6 Å². The van der Waals surface area contributed by atoms with Crippen molar-refractivity contribution in [1.29, 1.82) is 0 Å². The van der Waals surface area contributed by atoms with Crippen molar-refractivity contribution in [2.24, 2.45) is 0 Å². The highest BCUT2D eigenvalue weighted by Gasteiger charge is 2.68. The molecule has 26 heavy (non-hydrogen) atoms. The normalized spacial score (nSPS) is 26.3. The quantitative estimate of drug-likeness (QED) is 0.759. The number of hydrogen-bond acceptors (Lipinski definition) is 4. The van der Waals surface area contributed by atoms with E-state index >= 15 is 0 Å². The van der Waals surface area contributed by atoms with Gasteiger partial charge in [0.1, 0.15) is 0 Å². The predicted octanol–water partition coefficient (Wildman–Crippen LogP) is 4.21. The molecule has 0 aliphatic carbocycles. The molecule has 0 aromatic heterocycles. The Morgan fingerprint density at radius 2 is 0.923 bits per heavy atom. The smallest absolute Gasteiger partial charge is 0.403 e. The molecule has 2 fully saturated rings. The maximum Gasteiger partial charge on any atom is 0.466 e. The lowest BCUT2D eigenvalue weighted by Gasteiger charge is -2.34. The molecule has 142 valence electrons. The molecule has 0 unspecified atom stereocenters. The first-order chi connectivity index (χ1) is 11.7. The molecule has 2 aliphatic rings. The number of hydrogen-bond donors (Lipinski definition) is 0. The minimum absolute atomic E-state index is 0.419. The zero-order chi connectivity index (χ0) is 19.6. The zero-order valence-corrected chi connectivity index (χ0v) is 17.7. The fraction of sp³-hybridized carbons (Fsp3) is 0.700. The molecule has 0 radical (unpaired) electrons. The topological polar surface area (TPSA) is 36.9 Å². The van der Waals surface area contributed by atoms with E-state index in [-0.39, 0.29) is 0 Å². The molecule has 0 saturated carbocycles. The molecule has 0 atom stereocenters. The summed E-state index contributed by atoms with van der Waals surface area (Å²) in [6, 6.07) is 10.3. The van der Waals surface area contributed by atoms with E-state index in [1.165, 1.54) is 0 Å². The van der Waals surface area contributed by atoms with E-state index in [1.54, 1.807) is 0 Å². The largest absolute Gasteiger partial charge is 0.466 e. The lowest BCUT2D eigenvalue weighted by atomic mass is 9.37. The first-order valence-corrected chi connectivity index (χ1v) is 9.50. The van der Waals surface area contributed by atoms with Crippen LogP contribution in [0.1, 0.15) is 67.9 Å². The average Bonchev–Trinajstić information content (AvgIpc) is 2.87. The molecule has 2 heterocycles. The Bertz CT molecular complexity index is 602. The van der Waals surface area contributed by atoms with Crippen LogP contribution in [0.5, 0.6) is 0 Å². The van der Waals surface area contributed by atoms with Crippen molar-refractivity contribution < 1.29 is 18.6 Å². The molecule has 0 N–H and O–H groups in total. The Balaban J connectivity index is 2.06. The Kier molecular flexibility index (Phi) is 4.48. The summed E-state index contributed by atoms with van der Waals surface area (Å²) in [5, 5.41) is -0.614. The van der Waals surface area contributed by atoms with Gasteiger partial charge in [-0.1, -0.05) is 37.3 Å². The van der Waals surface area contributed by atoms with Crippen LogP contribution in [-0.2, 0) is 23.8 Å². The van der Waals surface area contributed by atoms with E-state index < -0.39 is 41.9 Å². The first-order valence-electron chi connectivity index (χ1n) is 9.50. The Morgan fingerprint density at radius 1 is 0.615 bits per heavy atom. The van der Waals surface area contributed by atoms with Gasteiger partial charge in [-0.3, -0.25) is 0 Å². The standard InChI is InChI=1S/C20H32B2O4/c1-16(2)17(3,4)24-21(23-16)20(9,15-13-11-10-12-14-15)22-25-18(5,6)19(7,8)26-22/h10-14H,1-9H3. The molecule has 1 aromatic carbocycles. The average molecular weight is 358 g/mol. The van der Waals surface area contributed by atoms with Gasteiger partial charge in [0.25, 0.3) is 0 Å². The van der Waals surface area contributed by atoms with E-state index in [4.69, 9.17) is 18.6 Å². The molecule has 0 bridgehead atoms. The fourth-order valence-electron chi connectivity index (χ4n) is 3.36. The molecular formula is C20H32B2O4. The summed E-state index contributed by atoms with van der Waals surface area (Å²) < 4.78 is 25.8. The predicted molar refractivity (Wildman–Crippen MR) is 106 cm³/mol. The minimum Gasteiger partial charge on any atom is -0.403 e. The third-order valence-electron chi connectivity index (χ3n) is 6.88. The monoisotopic (exact) mass is 358 g/mol. The number of benzene rings is 1. The van der Waals surface area contributed by atoms with Crippen LogP contribution in [0.15, 0.2) is 30.3 Å². The third-order valence-corrected chi connectivity index (χ3v) is 6.88. The summed E-state index contributed by atoms with van der Waals surface area (Å²) in [5.41, 5.74) is -0.597. The Hall–Kier alpha value is -0.810. The molecule has 6 heteroatoms. The summed E-state index contributed by atoms with van der Waals surface area (Å²) in [5.74, 6) is 0. The van der Waals surface area contributed by atoms with Crippen molar-refractivity contribution in [3.05, 3.63) is 35.9 Å². The van der Waals surface area contributed by atoms with Gasteiger partial charge in [0, 0.05) is 0 Å². The second-order valence-corrected chi connectivity index (χ2v) is 9.83. The van der Waals surface area contributed by atoms with Gasteiger partial charge in [-0.15, -0.1) is 0 Å². The second kappa shape index (κ2) is 5.84. The first kappa shape index (κ1) is 19.9. The lowest BCUT2D eigenvalue weighted by Crippen LogP contribution is -2.56. The van der Waals surface area contributed by atoms with Gasteiger partial charge >= 0.3 is 14.2 Å². The second-order valence-electron chi connectivity index (χ2n) is 9.83. The van der Waals surface area contributed by atoms with Gasteiger partial charge in [0.15, 0.2) is 0 Å². The SMILES string of the molecule is CC(B1OC(C)(C)C(C)(C)O1)(B1OC(C)(C)C(C)(C)O1)c1ccccc1.